The van der Waals surface area contributed by atoms with E-state index in [2.05, 4.69) is 5.32 Å². The molecule has 0 bridgehead atoms. The van der Waals surface area contributed by atoms with E-state index in [0.29, 0.717) is 13.0 Å². The van der Waals surface area contributed by atoms with Gasteiger partial charge in [0.1, 0.15) is 0 Å². The molecular formula is C13H21N3O3. The zero-order valence-electron chi connectivity index (χ0n) is 11.4. The zero-order valence-corrected chi connectivity index (χ0v) is 11.4. The number of amides is 2. The van der Waals surface area contributed by atoms with Gasteiger partial charge in [-0.1, -0.05) is 13.8 Å². The van der Waals surface area contributed by atoms with Crippen LogP contribution in [0.1, 0.15) is 33.1 Å². The molecule has 1 aliphatic carbocycles. The Hall–Kier alpha value is -1.77. The average Bonchev–Trinajstić information content (AvgIpc) is 3.13. The summed E-state index contributed by atoms with van der Waals surface area (Å²) in [7, 11) is 0. The second-order valence-electron chi connectivity index (χ2n) is 5.21. The Labute approximate surface area is 113 Å². The molecule has 1 atom stereocenters. The van der Waals surface area contributed by atoms with Crippen molar-refractivity contribution in [2.24, 2.45) is 11.8 Å². The van der Waals surface area contributed by atoms with E-state index in [0.717, 1.165) is 12.8 Å². The molecule has 0 aliphatic heterocycles. The molecule has 1 unspecified atom stereocenters. The Kier molecular flexibility index (Phi) is 5.61. The summed E-state index contributed by atoms with van der Waals surface area (Å²) >= 11 is 0. The first-order chi connectivity index (χ1) is 8.97. The number of nitriles is 1. The number of nitrogens with zero attached hydrogens (tertiary/aromatic N) is 2. The van der Waals surface area contributed by atoms with Crippen molar-refractivity contribution in [2.75, 3.05) is 13.1 Å². The highest BCUT2D eigenvalue weighted by Crippen LogP contribution is 2.26. The van der Waals surface area contributed by atoms with Gasteiger partial charge in [0, 0.05) is 19.1 Å². The summed E-state index contributed by atoms with van der Waals surface area (Å²) in [6, 6.07) is 1.98. The summed E-state index contributed by atoms with van der Waals surface area (Å²) in [6.45, 7) is 4.17. The van der Waals surface area contributed by atoms with Crippen LogP contribution in [-0.2, 0) is 4.79 Å². The highest BCUT2D eigenvalue weighted by atomic mass is 16.4. The third-order valence-corrected chi connectivity index (χ3v) is 3.31. The lowest BCUT2D eigenvalue weighted by atomic mass is 9.96. The lowest BCUT2D eigenvalue weighted by molar-refractivity contribution is -0.142. The Morgan fingerprint density at radius 1 is 1.47 bits per heavy atom. The van der Waals surface area contributed by atoms with Crippen molar-refractivity contribution in [1.82, 2.24) is 10.2 Å². The minimum absolute atomic E-state index is 0.0358. The molecule has 19 heavy (non-hydrogen) atoms. The number of carbonyl (C=O) groups is 2. The highest BCUT2D eigenvalue weighted by molar-refractivity contribution is 5.76. The van der Waals surface area contributed by atoms with E-state index in [9.17, 15) is 9.59 Å². The van der Waals surface area contributed by atoms with Gasteiger partial charge in [-0.3, -0.25) is 4.79 Å². The van der Waals surface area contributed by atoms with E-state index >= 15 is 0 Å². The lowest BCUT2D eigenvalue weighted by Crippen LogP contribution is -2.45. The number of aliphatic carboxylic acids is 1. The number of carbonyl (C=O) groups excluding carboxylic acids is 1. The normalized spacial score (nSPS) is 15.7. The van der Waals surface area contributed by atoms with Crippen LogP contribution in [0.5, 0.6) is 0 Å². The summed E-state index contributed by atoms with van der Waals surface area (Å²) < 4.78 is 0. The van der Waals surface area contributed by atoms with Crippen LogP contribution < -0.4 is 5.32 Å². The van der Waals surface area contributed by atoms with Crippen molar-refractivity contribution in [3.05, 3.63) is 0 Å². The quantitative estimate of drug-likeness (QED) is 0.729. The summed E-state index contributed by atoms with van der Waals surface area (Å²) in [4.78, 5) is 24.7. The first-order valence-electron chi connectivity index (χ1n) is 6.61. The lowest BCUT2D eigenvalue weighted by Gasteiger charge is -2.23. The molecule has 1 rings (SSSR count). The number of nitrogens with one attached hydrogen (secondary N) is 1. The summed E-state index contributed by atoms with van der Waals surface area (Å²) in [5, 5.41) is 20.3. The van der Waals surface area contributed by atoms with Crippen molar-refractivity contribution in [3.63, 3.8) is 0 Å². The van der Waals surface area contributed by atoms with Crippen LogP contribution >= 0.6 is 0 Å². The van der Waals surface area contributed by atoms with Gasteiger partial charge in [0.2, 0.25) is 0 Å². The standard InChI is InChI=1S/C13H21N3O3/c1-9(2)11(12(17)18)8-15-13(19)16(7-3-6-14)10-4-5-10/h9-11H,3-5,7-8H2,1-2H3,(H,15,19)(H,17,18). The third kappa shape index (κ3) is 4.78. The Bertz CT molecular complexity index is 372. The van der Waals surface area contributed by atoms with Crippen molar-refractivity contribution < 1.29 is 14.7 Å². The molecule has 6 nitrogen and oxygen atoms in total. The minimum Gasteiger partial charge on any atom is -0.481 e. The fraction of sp³-hybridized carbons (Fsp3) is 0.769. The van der Waals surface area contributed by atoms with Gasteiger partial charge in [-0.05, 0) is 18.8 Å². The highest BCUT2D eigenvalue weighted by Gasteiger charge is 2.32. The molecule has 106 valence electrons. The van der Waals surface area contributed by atoms with Gasteiger partial charge in [-0.25, -0.2) is 4.79 Å². The van der Waals surface area contributed by atoms with Crippen molar-refractivity contribution in [1.29, 1.82) is 5.26 Å². The van der Waals surface area contributed by atoms with Crippen molar-refractivity contribution in [2.45, 2.75) is 39.2 Å². The van der Waals surface area contributed by atoms with Crippen LogP contribution in [0, 0.1) is 23.2 Å². The SMILES string of the molecule is CC(C)C(CNC(=O)N(CCC#N)C1CC1)C(=O)O. The second kappa shape index (κ2) is 6.98. The van der Waals surface area contributed by atoms with Crippen LogP contribution in [0.25, 0.3) is 0 Å². The van der Waals surface area contributed by atoms with Gasteiger partial charge in [-0.15, -0.1) is 0 Å². The van der Waals surface area contributed by atoms with Crippen LogP contribution in [-0.4, -0.2) is 41.1 Å². The maximum Gasteiger partial charge on any atom is 0.317 e. The van der Waals surface area contributed by atoms with Gasteiger partial charge in [0.15, 0.2) is 0 Å². The molecule has 0 aromatic carbocycles. The van der Waals surface area contributed by atoms with Crippen LogP contribution in [0.15, 0.2) is 0 Å². The molecule has 0 aromatic rings. The molecule has 6 heteroatoms. The van der Waals surface area contributed by atoms with Gasteiger partial charge in [0.05, 0.1) is 18.4 Å². The molecule has 0 aromatic heterocycles. The molecule has 1 saturated carbocycles. The van der Waals surface area contributed by atoms with Gasteiger partial charge in [0.25, 0.3) is 0 Å². The number of urea groups is 1. The summed E-state index contributed by atoms with van der Waals surface area (Å²) in [5.74, 6) is -1.52. The number of hydrogen-bond donors (Lipinski definition) is 2. The van der Waals surface area contributed by atoms with E-state index in [1.54, 1.807) is 4.90 Å². The second-order valence-corrected chi connectivity index (χ2v) is 5.21. The van der Waals surface area contributed by atoms with Crippen molar-refractivity contribution in [3.8, 4) is 6.07 Å². The molecule has 1 aliphatic rings. The molecular weight excluding hydrogens is 246 g/mol. The van der Waals surface area contributed by atoms with Crippen molar-refractivity contribution >= 4 is 12.0 Å². The van der Waals surface area contributed by atoms with Gasteiger partial charge >= 0.3 is 12.0 Å². The summed E-state index contributed by atoms with van der Waals surface area (Å²) in [5.41, 5.74) is 0. The average molecular weight is 267 g/mol. The molecule has 0 spiro atoms. The third-order valence-electron chi connectivity index (χ3n) is 3.31. The van der Waals surface area contributed by atoms with Crippen LogP contribution in [0.3, 0.4) is 0 Å². The first kappa shape index (κ1) is 15.3. The number of carboxylic acid groups (broad SMARTS) is 1. The van der Waals surface area contributed by atoms with E-state index in [1.165, 1.54) is 0 Å². The van der Waals surface area contributed by atoms with Crippen LogP contribution in [0.4, 0.5) is 4.79 Å². The van der Waals surface area contributed by atoms with Gasteiger partial charge < -0.3 is 15.3 Å². The molecule has 0 radical (unpaired) electrons. The topological polar surface area (TPSA) is 93.4 Å². The molecule has 0 heterocycles. The number of rotatable bonds is 7. The van der Waals surface area contributed by atoms with E-state index < -0.39 is 11.9 Å². The van der Waals surface area contributed by atoms with E-state index in [4.69, 9.17) is 10.4 Å². The Morgan fingerprint density at radius 2 is 2.11 bits per heavy atom. The van der Waals surface area contributed by atoms with E-state index in [1.807, 2.05) is 19.9 Å². The number of carboxylic acids is 1. The maximum atomic E-state index is 12.0. The first-order valence-corrected chi connectivity index (χ1v) is 6.61. The molecule has 2 N–H and O–H groups in total. The number of hydrogen-bond acceptors (Lipinski definition) is 3. The van der Waals surface area contributed by atoms with Gasteiger partial charge in [-0.2, -0.15) is 5.26 Å². The molecule has 0 saturated heterocycles. The van der Waals surface area contributed by atoms with E-state index in [-0.39, 0.29) is 24.5 Å². The zero-order chi connectivity index (χ0) is 14.4. The fourth-order valence-electron chi connectivity index (χ4n) is 1.91. The fourth-order valence-corrected chi connectivity index (χ4v) is 1.91. The summed E-state index contributed by atoms with van der Waals surface area (Å²) in [6.07, 6.45) is 2.23. The predicted octanol–water partition coefficient (Wildman–Crippen LogP) is 1.43. The largest absolute Gasteiger partial charge is 0.481 e. The van der Waals surface area contributed by atoms with Crippen LogP contribution in [0.2, 0.25) is 0 Å². The molecule has 2 amide bonds. The maximum absolute atomic E-state index is 12.0. The smallest absolute Gasteiger partial charge is 0.317 e. The Balaban J connectivity index is 2.47. The predicted molar refractivity (Wildman–Crippen MR) is 69.3 cm³/mol. The Morgan fingerprint density at radius 3 is 2.53 bits per heavy atom. The monoisotopic (exact) mass is 267 g/mol. The molecule has 1 fully saturated rings. The minimum atomic E-state index is -0.898.